The van der Waals surface area contributed by atoms with Gasteiger partial charge in [0.1, 0.15) is 5.75 Å². The summed E-state index contributed by atoms with van der Waals surface area (Å²) in [6.45, 7) is 7.74. The number of hydrogen-bond donors (Lipinski definition) is 1. The maximum Gasteiger partial charge on any atom is 0.230 e. The van der Waals surface area contributed by atoms with Crippen molar-refractivity contribution >= 4 is 17.7 Å². The highest BCUT2D eigenvalue weighted by Gasteiger charge is 2.20. The van der Waals surface area contributed by atoms with Gasteiger partial charge in [0, 0.05) is 17.2 Å². The summed E-state index contributed by atoms with van der Waals surface area (Å²) in [6.07, 6.45) is 0.975. The molecule has 1 unspecified atom stereocenters. The molecular formula is C16H23NO2S. The molecule has 0 bridgehead atoms. The van der Waals surface area contributed by atoms with Crippen LogP contribution in [0.2, 0.25) is 0 Å². The minimum atomic E-state index is 0.115. The van der Waals surface area contributed by atoms with Gasteiger partial charge in [0.2, 0.25) is 5.91 Å². The van der Waals surface area contributed by atoms with Crippen molar-refractivity contribution in [1.82, 2.24) is 5.32 Å². The Morgan fingerprint density at radius 2 is 2.15 bits per heavy atom. The average molecular weight is 293 g/mol. The zero-order chi connectivity index (χ0) is 14.6. The first kappa shape index (κ1) is 15.2. The Hall–Kier alpha value is -1.16. The molecule has 20 heavy (non-hydrogen) atoms. The van der Waals surface area contributed by atoms with Crippen molar-refractivity contribution in [2.45, 2.75) is 31.9 Å². The van der Waals surface area contributed by atoms with Crippen LogP contribution in [0.15, 0.2) is 24.3 Å². The fraction of sp³-hybridized carbons (Fsp3) is 0.562. The zero-order valence-electron chi connectivity index (χ0n) is 12.4. The van der Waals surface area contributed by atoms with Crippen molar-refractivity contribution in [1.29, 1.82) is 0 Å². The summed E-state index contributed by atoms with van der Waals surface area (Å²) in [5.41, 5.74) is 1.24. The predicted octanol–water partition coefficient (Wildman–Crippen LogP) is 2.89. The van der Waals surface area contributed by atoms with Gasteiger partial charge in [-0.1, -0.05) is 39.0 Å². The second-order valence-corrected chi connectivity index (χ2v) is 8.00. The Balaban J connectivity index is 1.75. The summed E-state index contributed by atoms with van der Waals surface area (Å²) in [5, 5.41) is 3.02. The summed E-state index contributed by atoms with van der Waals surface area (Å²) < 4.78 is 5.86. The molecule has 2 rings (SSSR count). The fourth-order valence-electron chi connectivity index (χ4n) is 2.11. The van der Waals surface area contributed by atoms with Gasteiger partial charge in [-0.25, -0.2) is 0 Å². The lowest BCUT2D eigenvalue weighted by molar-refractivity contribution is -0.118. The molecule has 1 atom stereocenters. The first-order valence-electron chi connectivity index (χ1n) is 7.05. The maximum atomic E-state index is 11.8. The molecule has 1 amide bonds. The quantitative estimate of drug-likeness (QED) is 0.927. The van der Waals surface area contributed by atoms with Gasteiger partial charge in [0.05, 0.1) is 12.4 Å². The van der Waals surface area contributed by atoms with Crippen LogP contribution in [0, 0.1) is 5.92 Å². The first-order valence-corrected chi connectivity index (χ1v) is 8.04. The van der Waals surface area contributed by atoms with Gasteiger partial charge in [0.15, 0.2) is 0 Å². The number of para-hydroxylation sites is 1. The van der Waals surface area contributed by atoms with E-state index in [2.05, 4.69) is 32.2 Å². The van der Waals surface area contributed by atoms with Crippen molar-refractivity contribution in [3.63, 3.8) is 0 Å². The van der Waals surface area contributed by atoms with E-state index in [9.17, 15) is 4.79 Å². The molecule has 1 aromatic carbocycles. The lowest BCUT2D eigenvalue weighted by Crippen LogP contribution is -2.36. The molecule has 1 heterocycles. The molecule has 0 aromatic heterocycles. The molecule has 1 aliphatic rings. The summed E-state index contributed by atoms with van der Waals surface area (Å²) in [4.78, 5) is 11.8. The Morgan fingerprint density at radius 1 is 1.40 bits per heavy atom. The standard InChI is InChI=1S/C16H23NO2S/c1-16(2,3)20-11-15(18)17-9-12-8-13-6-4-5-7-14(13)19-10-12/h4-7,12H,8-11H2,1-3H3,(H,17,18). The summed E-state index contributed by atoms with van der Waals surface area (Å²) >= 11 is 1.67. The molecule has 0 fully saturated rings. The van der Waals surface area contributed by atoms with Crippen molar-refractivity contribution < 1.29 is 9.53 Å². The largest absolute Gasteiger partial charge is 0.493 e. The third-order valence-corrected chi connectivity index (χ3v) is 4.45. The zero-order valence-corrected chi connectivity index (χ0v) is 13.3. The molecule has 1 aromatic rings. The van der Waals surface area contributed by atoms with Crippen molar-refractivity contribution in [2.24, 2.45) is 5.92 Å². The van der Waals surface area contributed by atoms with Crippen LogP contribution < -0.4 is 10.1 Å². The number of carbonyl (C=O) groups excluding carboxylic acids is 1. The first-order chi connectivity index (χ1) is 9.44. The smallest absolute Gasteiger partial charge is 0.230 e. The van der Waals surface area contributed by atoms with E-state index in [0.717, 1.165) is 12.2 Å². The topological polar surface area (TPSA) is 38.3 Å². The maximum absolute atomic E-state index is 11.8. The van der Waals surface area contributed by atoms with E-state index in [1.807, 2.05) is 18.2 Å². The molecular weight excluding hydrogens is 270 g/mol. The molecule has 110 valence electrons. The molecule has 1 aliphatic heterocycles. The number of ether oxygens (including phenoxy) is 1. The average Bonchev–Trinajstić information content (AvgIpc) is 2.42. The lowest BCUT2D eigenvalue weighted by atomic mass is 9.97. The molecule has 3 nitrogen and oxygen atoms in total. The molecule has 0 saturated carbocycles. The van der Waals surface area contributed by atoms with Gasteiger partial charge < -0.3 is 10.1 Å². The van der Waals surface area contributed by atoms with E-state index in [4.69, 9.17) is 4.74 Å². The van der Waals surface area contributed by atoms with Crippen LogP contribution in [0.5, 0.6) is 5.75 Å². The van der Waals surface area contributed by atoms with Crippen molar-refractivity contribution in [2.75, 3.05) is 18.9 Å². The molecule has 0 saturated heterocycles. The summed E-state index contributed by atoms with van der Waals surface area (Å²) in [7, 11) is 0. The number of hydrogen-bond acceptors (Lipinski definition) is 3. The number of thioether (sulfide) groups is 1. The Morgan fingerprint density at radius 3 is 2.90 bits per heavy atom. The van der Waals surface area contributed by atoms with Crippen LogP contribution in [0.1, 0.15) is 26.3 Å². The Bertz CT molecular complexity index is 468. The highest BCUT2D eigenvalue weighted by atomic mass is 32.2. The highest BCUT2D eigenvalue weighted by molar-refractivity contribution is 8.01. The monoisotopic (exact) mass is 293 g/mol. The van der Waals surface area contributed by atoms with Gasteiger partial charge in [-0.15, -0.1) is 11.8 Å². The molecule has 4 heteroatoms. The van der Waals surface area contributed by atoms with Gasteiger partial charge >= 0.3 is 0 Å². The van der Waals surface area contributed by atoms with Crippen LogP contribution in [-0.4, -0.2) is 29.6 Å². The number of carbonyl (C=O) groups is 1. The third kappa shape index (κ3) is 4.75. The van der Waals surface area contributed by atoms with E-state index in [1.165, 1.54) is 5.56 Å². The van der Waals surface area contributed by atoms with Crippen LogP contribution in [0.3, 0.4) is 0 Å². The van der Waals surface area contributed by atoms with E-state index in [1.54, 1.807) is 11.8 Å². The summed E-state index contributed by atoms with van der Waals surface area (Å²) in [6, 6.07) is 8.12. The normalized spacial score (nSPS) is 18.1. The fourth-order valence-corrected chi connectivity index (χ4v) is 2.78. The van der Waals surface area contributed by atoms with E-state index in [-0.39, 0.29) is 10.7 Å². The SMILES string of the molecule is CC(C)(C)SCC(=O)NCC1COc2ccccc2C1. The van der Waals surface area contributed by atoms with E-state index in [0.29, 0.717) is 24.8 Å². The minimum Gasteiger partial charge on any atom is -0.493 e. The molecule has 1 N–H and O–H groups in total. The lowest BCUT2D eigenvalue weighted by Gasteiger charge is -2.25. The van der Waals surface area contributed by atoms with E-state index >= 15 is 0 Å². The van der Waals surface area contributed by atoms with Crippen molar-refractivity contribution in [3.05, 3.63) is 29.8 Å². The van der Waals surface area contributed by atoms with Crippen LogP contribution >= 0.6 is 11.8 Å². The van der Waals surface area contributed by atoms with Gasteiger partial charge in [0.25, 0.3) is 0 Å². The third-order valence-electron chi connectivity index (χ3n) is 3.18. The predicted molar refractivity (Wildman–Crippen MR) is 84.4 cm³/mol. The minimum absolute atomic E-state index is 0.115. The number of amides is 1. The van der Waals surface area contributed by atoms with Crippen LogP contribution in [-0.2, 0) is 11.2 Å². The second kappa shape index (κ2) is 6.53. The Kier molecular flexibility index (Phi) is 4.97. The molecule has 0 aliphatic carbocycles. The van der Waals surface area contributed by atoms with Gasteiger partial charge in [-0.2, -0.15) is 0 Å². The number of benzene rings is 1. The molecule has 0 radical (unpaired) electrons. The molecule has 0 spiro atoms. The highest BCUT2D eigenvalue weighted by Crippen LogP contribution is 2.26. The van der Waals surface area contributed by atoms with E-state index < -0.39 is 0 Å². The van der Waals surface area contributed by atoms with Crippen LogP contribution in [0.25, 0.3) is 0 Å². The number of fused-ring (bicyclic) bond motifs is 1. The number of rotatable bonds is 4. The van der Waals surface area contributed by atoms with Crippen molar-refractivity contribution in [3.8, 4) is 5.75 Å². The Labute approximate surface area is 125 Å². The second-order valence-electron chi connectivity index (χ2n) is 6.19. The van der Waals surface area contributed by atoms with Crippen LogP contribution in [0.4, 0.5) is 0 Å². The van der Waals surface area contributed by atoms with Gasteiger partial charge in [-0.3, -0.25) is 4.79 Å². The summed E-state index contributed by atoms with van der Waals surface area (Å²) in [5.74, 6) is 1.99. The van der Waals surface area contributed by atoms with Gasteiger partial charge in [-0.05, 0) is 18.1 Å². The number of nitrogens with one attached hydrogen (secondary N) is 1.